The van der Waals surface area contributed by atoms with Crippen LogP contribution in [-0.4, -0.2) is 37.0 Å². The van der Waals surface area contributed by atoms with Crippen LogP contribution in [0.5, 0.6) is 0 Å². The van der Waals surface area contributed by atoms with E-state index in [0.717, 1.165) is 16.7 Å². The van der Waals surface area contributed by atoms with Gasteiger partial charge >= 0.3 is 5.97 Å². The van der Waals surface area contributed by atoms with E-state index < -0.39 is 12.0 Å². The molecule has 0 spiro atoms. The van der Waals surface area contributed by atoms with Gasteiger partial charge in [-0.05, 0) is 31.0 Å². The van der Waals surface area contributed by atoms with Crippen molar-refractivity contribution in [2.75, 3.05) is 14.2 Å². The Morgan fingerprint density at radius 3 is 2.32 bits per heavy atom. The average molecular weight is 360 g/mol. The summed E-state index contributed by atoms with van der Waals surface area (Å²) >= 11 is 6.20. The molecule has 1 amide bonds. The Morgan fingerprint density at radius 1 is 1.12 bits per heavy atom. The van der Waals surface area contributed by atoms with Crippen molar-refractivity contribution in [2.24, 2.45) is 0 Å². The van der Waals surface area contributed by atoms with Crippen molar-refractivity contribution in [3.05, 3.63) is 69.7 Å². The van der Waals surface area contributed by atoms with Crippen LogP contribution in [0.25, 0.3) is 0 Å². The van der Waals surface area contributed by atoms with Crippen molar-refractivity contribution in [2.45, 2.75) is 26.3 Å². The van der Waals surface area contributed by atoms with Crippen molar-refractivity contribution in [1.29, 1.82) is 0 Å². The largest absolute Gasteiger partial charge is 0.467 e. The molecule has 0 saturated carbocycles. The van der Waals surface area contributed by atoms with E-state index in [1.54, 1.807) is 19.2 Å². The number of methoxy groups -OCH3 is 1. The molecule has 5 heteroatoms. The maximum Gasteiger partial charge on any atom is 0.328 e. The monoisotopic (exact) mass is 359 g/mol. The number of halogens is 1. The molecule has 0 aromatic heterocycles. The van der Waals surface area contributed by atoms with E-state index in [1.807, 2.05) is 44.2 Å². The van der Waals surface area contributed by atoms with Crippen LogP contribution in [-0.2, 0) is 16.0 Å². The number of nitrogens with zero attached hydrogens (tertiary/aromatic N) is 1. The van der Waals surface area contributed by atoms with Crippen LogP contribution >= 0.6 is 11.6 Å². The van der Waals surface area contributed by atoms with Crippen LogP contribution in [0.3, 0.4) is 0 Å². The minimum Gasteiger partial charge on any atom is -0.467 e. The SMILES string of the molecule is COC(=O)C(Cc1ccc(C)cc1)N(C)C(=O)c1c(C)cccc1Cl. The highest BCUT2D eigenvalue weighted by molar-refractivity contribution is 6.34. The number of amides is 1. The lowest BCUT2D eigenvalue weighted by Gasteiger charge is -2.27. The minimum absolute atomic E-state index is 0.300. The van der Waals surface area contributed by atoms with Gasteiger partial charge in [-0.1, -0.05) is 53.6 Å². The van der Waals surface area contributed by atoms with Crippen LogP contribution in [0.2, 0.25) is 5.02 Å². The molecule has 2 aromatic carbocycles. The third-order valence-corrected chi connectivity index (χ3v) is 4.56. The molecule has 1 atom stereocenters. The number of carbonyl (C=O) groups is 2. The first-order valence-corrected chi connectivity index (χ1v) is 8.38. The van der Waals surface area contributed by atoms with Crippen LogP contribution in [0.1, 0.15) is 27.0 Å². The molecular formula is C20H22ClNO3. The van der Waals surface area contributed by atoms with Gasteiger partial charge in [0.15, 0.2) is 0 Å². The summed E-state index contributed by atoms with van der Waals surface area (Å²) in [4.78, 5) is 26.6. The predicted octanol–water partition coefficient (Wildman–Crippen LogP) is 3.81. The molecule has 0 N–H and O–H groups in total. The molecule has 0 bridgehead atoms. The second-order valence-corrected chi connectivity index (χ2v) is 6.48. The molecule has 1 unspecified atom stereocenters. The normalized spacial score (nSPS) is 11.7. The number of likely N-dealkylation sites (N-methyl/N-ethyl adjacent to an activating group) is 1. The quantitative estimate of drug-likeness (QED) is 0.762. The van der Waals surface area contributed by atoms with Gasteiger partial charge in [-0.3, -0.25) is 4.79 Å². The Hall–Kier alpha value is -2.33. The summed E-state index contributed by atoms with van der Waals surface area (Å²) in [5.41, 5.74) is 3.26. The molecule has 132 valence electrons. The van der Waals surface area contributed by atoms with E-state index >= 15 is 0 Å². The van der Waals surface area contributed by atoms with Crippen molar-refractivity contribution in [3.8, 4) is 0 Å². The molecule has 0 aliphatic carbocycles. The highest BCUT2D eigenvalue weighted by Gasteiger charge is 2.30. The molecule has 2 rings (SSSR count). The number of aryl methyl sites for hydroxylation is 2. The van der Waals surface area contributed by atoms with E-state index in [4.69, 9.17) is 16.3 Å². The molecular weight excluding hydrogens is 338 g/mol. The van der Waals surface area contributed by atoms with Crippen LogP contribution in [0.4, 0.5) is 0 Å². The van der Waals surface area contributed by atoms with Gasteiger partial charge in [-0.2, -0.15) is 0 Å². The van der Waals surface area contributed by atoms with E-state index in [9.17, 15) is 9.59 Å². The van der Waals surface area contributed by atoms with Crippen LogP contribution in [0.15, 0.2) is 42.5 Å². The minimum atomic E-state index is -0.726. The fraction of sp³-hybridized carbons (Fsp3) is 0.300. The summed E-state index contributed by atoms with van der Waals surface area (Å²) in [5, 5.41) is 0.371. The molecule has 0 heterocycles. The van der Waals surface area contributed by atoms with Gasteiger partial charge < -0.3 is 9.64 Å². The Balaban J connectivity index is 2.32. The molecule has 25 heavy (non-hydrogen) atoms. The number of hydrogen-bond acceptors (Lipinski definition) is 3. The lowest BCUT2D eigenvalue weighted by atomic mass is 10.0. The summed E-state index contributed by atoms with van der Waals surface area (Å²) in [6.07, 6.45) is 0.374. The zero-order valence-corrected chi connectivity index (χ0v) is 15.6. The Labute approximate surface area is 153 Å². The summed E-state index contributed by atoms with van der Waals surface area (Å²) in [5.74, 6) is -0.758. The average Bonchev–Trinajstić information content (AvgIpc) is 2.59. The Kier molecular flexibility index (Phi) is 6.21. The maximum absolute atomic E-state index is 12.9. The second-order valence-electron chi connectivity index (χ2n) is 6.08. The fourth-order valence-electron chi connectivity index (χ4n) is 2.68. The molecule has 0 aliphatic heterocycles. The number of hydrogen-bond donors (Lipinski definition) is 0. The van der Waals surface area contributed by atoms with Gasteiger partial charge in [-0.15, -0.1) is 0 Å². The first kappa shape index (κ1) is 19.0. The predicted molar refractivity (Wildman–Crippen MR) is 99.0 cm³/mol. The molecule has 0 radical (unpaired) electrons. The topological polar surface area (TPSA) is 46.6 Å². The standard InChI is InChI=1S/C20H22ClNO3/c1-13-8-10-15(11-9-13)12-17(20(24)25-4)22(3)19(23)18-14(2)6-5-7-16(18)21/h5-11,17H,12H2,1-4H3. The van der Waals surface area contributed by atoms with Gasteiger partial charge in [0.2, 0.25) is 0 Å². The highest BCUT2D eigenvalue weighted by atomic mass is 35.5. The summed E-state index contributed by atoms with van der Waals surface area (Å²) in [7, 11) is 2.92. The van der Waals surface area contributed by atoms with Gasteiger partial charge in [0.1, 0.15) is 6.04 Å². The third kappa shape index (κ3) is 4.40. The fourth-order valence-corrected chi connectivity index (χ4v) is 2.99. The summed E-state index contributed by atoms with van der Waals surface area (Å²) in [6, 6.07) is 12.4. The number of rotatable bonds is 5. The zero-order chi connectivity index (χ0) is 18.6. The second kappa shape index (κ2) is 8.17. The highest BCUT2D eigenvalue weighted by Crippen LogP contribution is 2.23. The van der Waals surface area contributed by atoms with Crippen molar-refractivity contribution < 1.29 is 14.3 Å². The Bertz CT molecular complexity index is 751. The van der Waals surface area contributed by atoms with Crippen LogP contribution in [0, 0.1) is 13.8 Å². The van der Waals surface area contributed by atoms with Gasteiger partial charge in [0, 0.05) is 13.5 Å². The number of benzene rings is 2. The van der Waals surface area contributed by atoms with Gasteiger partial charge in [0.25, 0.3) is 5.91 Å². The molecule has 2 aromatic rings. The first-order valence-electron chi connectivity index (χ1n) is 8.00. The number of esters is 1. The Morgan fingerprint density at radius 2 is 1.76 bits per heavy atom. The summed E-state index contributed by atoms with van der Waals surface area (Å²) < 4.78 is 4.91. The smallest absolute Gasteiger partial charge is 0.328 e. The lowest BCUT2D eigenvalue weighted by Crippen LogP contribution is -2.44. The number of carbonyl (C=O) groups excluding carboxylic acids is 2. The summed E-state index contributed by atoms with van der Waals surface area (Å²) in [6.45, 7) is 3.82. The lowest BCUT2D eigenvalue weighted by molar-refractivity contribution is -0.145. The van der Waals surface area contributed by atoms with Gasteiger partial charge in [0.05, 0.1) is 17.7 Å². The molecule has 0 fully saturated rings. The molecule has 4 nitrogen and oxygen atoms in total. The van der Waals surface area contributed by atoms with Crippen molar-refractivity contribution in [1.82, 2.24) is 4.90 Å². The van der Waals surface area contributed by atoms with Crippen LogP contribution < -0.4 is 0 Å². The first-order chi connectivity index (χ1) is 11.8. The van der Waals surface area contributed by atoms with E-state index in [1.165, 1.54) is 12.0 Å². The van der Waals surface area contributed by atoms with E-state index in [2.05, 4.69) is 0 Å². The van der Waals surface area contributed by atoms with Crippen molar-refractivity contribution >= 4 is 23.5 Å². The zero-order valence-electron chi connectivity index (χ0n) is 14.9. The third-order valence-electron chi connectivity index (χ3n) is 4.25. The molecule has 0 saturated heterocycles. The molecule has 0 aliphatic rings. The number of ether oxygens (including phenoxy) is 1. The van der Waals surface area contributed by atoms with E-state index in [0.29, 0.717) is 17.0 Å². The van der Waals surface area contributed by atoms with E-state index in [-0.39, 0.29) is 5.91 Å². The van der Waals surface area contributed by atoms with Gasteiger partial charge in [-0.25, -0.2) is 4.79 Å². The van der Waals surface area contributed by atoms with Crippen molar-refractivity contribution in [3.63, 3.8) is 0 Å². The maximum atomic E-state index is 12.9.